The van der Waals surface area contributed by atoms with Crippen LogP contribution in [-0.2, 0) is 7.05 Å². The lowest BCUT2D eigenvalue weighted by molar-refractivity contribution is 0.145. The number of hydrogen-bond acceptors (Lipinski definition) is 6. The Kier molecular flexibility index (Phi) is 4.09. The summed E-state index contributed by atoms with van der Waals surface area (Å²) in [4.78, 5) is 6.91. The van der Waals surface area contributed by atoms with E-state index in [0.717, 1.165) is 22.6 Å². The number of nitrogens with one attached hydrogen (secondary N) is 1. The molecule has 9 nitrogen and oxygen atoms in total. The summed E-state index contributed by atoms with van der Waals surface area (Å²) in [7, 11) is 1.69. The predicted octanol–water partition coefficient (Wildman–Crippen LogP) is 1.93. The molecule has 5 heterocycles. The number of H-pyrrole nitrogens is 1. The highest BCUT2D eigenvalue weighted by atomic mass is 19.1. The smallest absolute Gasteiger partial charge is 0.179 e. The van der Waals surface area contributed by atoms with Crippen LogP contribution in [0.3, 0.4) is 0 Å². The van der Waals surface area contributed by atoms with Crippen molar-refractivity contribution in [3.63, 3.8) is 0 Å². The molecule has 0 spiro atoms. The van der Waals surface area contributed by atoms with Gasteiger partial charge in [-0.25, -0.2) is 13.9 Å². The number of aryl methyl sites for hydroxylation is 2. The van der Waals surface area contributed by atoms with Gasteiger partial charge in [-0.05, 0) is 31.9 Å². The number of halogens is 1. The molecule has 0 saturated carbocycles. The average Bonchev–Trinajstić information content (AvgIpc) is 3.42. The van der Waals surface area contributed by atoms with Crippen LogP contribution in [0.25, 0.3) is 28.4 Å². The number of anilines is 1. The van der Waals surface area contributed by atoms with Crippen molar-refractivity contribution in [1.29, 1.82) is 0 Å². The van der Waals surface area contributed by atoms with E-state index in [1.807, 2.05) is 19.1 Å². The second-order valence-electron chi connectivity index (χ2n) is 7.35. The zero-order chi connectivity index (χ0) is 20.1. The monoisotopic (exact) mass is 396 g/mol. The molecule has 150 valence electrons. The number of fused-ring (bicyclic) bond motifs is 1. The number of aliphatic hydroxyl groups is 1. The minimum Gasteiger partial charge on any atom is -0.393 e. The van der Waals surface area contributed by atoms with E-state index in [0.29, 0.717) is 43.1 Å². The second-order valence-corrected chi connectivity index (χ2v) is 7.35. The standard InChI is InChI=1S/C19H21FN8O/c1-11-17-16(27-7-4-12(29)5-8-27)9-15(18-13(20)10-22-26(18)2)25-28(17)19(23-11)14-3-6-21-24-14/h3,6,9-10,12,29H,4-5,7-8H2,1-2H3,(H,21,24). The van der Waals surface area contributed by atoms with Gasteiger partial charge in [0.2, 0.25) is 0 Å². The molecular formula is C19H21FN8O. The molecule has 0 aliphatic carbocycles. The van der Waals surface area contributed by atoms with Crippen LogP contribution < -0.4 is 4.90 Å². The first-order valence-electron chi connectivity index (χ1n) is 9.54. The molecule has 1 fully saturated rings. The maximum Gasteiger partial charge on any atom is 0.179 e. The highest BCUT2D eigenvalue weighted by Crippen LogP contribution is 2.34. The highest BCUT2D eigenvalue weighted by Gasteiger charge is 2.25. The molecule has 1 aliphatic rings. The van der Waals surface area contributed by atoms with Crippen LogP contribution >= 0.6 is 0 Å². The van der Waals surface area contributed by atoms with Crippen molar-refractivity contribution < 1.29 is 9.50 Å². The summed E-state index contributed by atoms with van der Waals surface area (Å²) >= 11 is 0. The van der Waals surface area contributed by atoms with Crippen molar-refractivity contribution in [2.45, 2.75) is 25.9 Å². The molecule has 0 aromatic carbocycles. The Hall–Kier alpha value is -3.27. The van der Waals surface area contributed by atoms with Crippen LogP contribution in [-0.4, -0.2) is 58.9 Å². The molecule has 0 bridgehead atoms. The fraction of sp³-hybridized carbons (Fsp3) is 0.368. The zero-order valence-electron chi connectivity index (χ0n) is 16.2. The summed E-state index contributed by atoms with van der Waals surface area (Å²) in [6, 6.07) is 3.71. The number of rotatable bonds is 3. The lowest BCUT2D eigenvalue weighted by atomic mass is 10.1. The zero-order valence-corrected chi connectivity index (χ0v) is 16.2. The summed E-state index contributed by atoms with van der Waals surface area (Å²) in [6.45, 7) is 3.35. The van der Waals surface area contributed by atoms with E-state index >= 15 is 0 Å². The number of aromatic nitrogens is 7. The van der Waals surface area contributed by atoms with E-state index in [4.69, 9.17) is 10.1 Å². The third kappa shape index (κ3) is 2.87. The van der Waals surface area contributed by atoms with Gasteiger partial charge in [0.05, 0.1) is 23.7 Å². The van der Waals surface area contributed by atoms with Gasteiger partial charge in [0, 0.05) is 26.3 Å². The van der Waals surface area contributed by atoms with Crippen LogP contribution in [0.5, 0.6) is 0 Å². The molecule has 2 N–H and O–H groups in total. The number of hydrogen-bond donors (Lipinski definition) is 2. The third-order valence-electron chi connectivity index (χ3n) is 5.44. The quantitative estimate of drug-likeness (QED) is 0.549. The van der Waals surface area contributed by atoms with Gasteiger partial charge in [0.15, 0.2) is 11.6 Å². The SMILES string of the molecule is Cc1nc(-c2ccn[nH]2)n2nc(-c3c(F)cnn3C)cc(N3CCC(O)CC3)c12. The predicted molar refractivity (Wildman–Crippen MR) is 105 cm³/mol. The van der Waals surface area contributed by atoms with Gasteiger partial charge in [0.25, 0.3) is 0 Å². The summed E-state index contributed by atoms with van der Waals surface area (Å²) in [5, 5.41) is 25.6. The first-order chi connectivity index (χ1) is 14.0. The van der Waals surface area contributed by atoms with Crippen molar-refractivity contribution >= 4 is 11.2 Å². The van der Waals surface area contributed by atoms with Crippen LogP contribution in [0, 0.1) is 12.7 Å². The van der Waals surface area contributed by atoms with Crippen LogP contribution in [0.2, 0.25) is 0 Å². The largest absolute Gasteiger partial charge is 0.393 e. The van der Waals surface area contributed by atoms with E-state index in [1.165, 1.54) is 10.9 Å². The highest BCUT2D eigenvalue weighted by molar-refractivity contribution is 5.81. The Labute approximate surface area is 165 Å². The number of aliphatic hydroxyl groups excluding tert-OH is 1. The lowest BCUT2D eigenvalue weighted by Gasteiger charge is -2.32. The van der Waals surface area contributed by atoms with Gasteiger partial charge in [0.1, 0.15) is 22.6 Å². The third-order valence-corrected chi connectivity index (χ3v) is 5.44. The van der Waals surface area contributed by atoms with Crippen molar-refractivity contribution in [3.8, 4) is 22.9 Å². The Balaban J connectivity index is 1.78. The van der Waals surface area contributed by atoms with Gasteiger partial charge >= 0.3 is 0 Å². The molecule has 0 atom stereocenters. The Morgan fingerprint density at radius 2 is 2.07 bits per heavy atom. The first-order valence-corrected chi connectivity index (χ1v) is 9.54. The van der Waals surface area contributed by atoms with Crippen molar-refractivity contribution in [2.75, 3.05) is 18.0 Å². The molecular weight excluding hydrogens is 375 g/mol. The molecule has 1 saturated heterocycles. The molecule has 29 heavy (non-hydrogen) atoms. The molecule has 5 rings (SSSR count). The second kappa shape index (κ2) is 6.66. The summed E-state index contributed by atoms with van der Waals surface area (Å²) in [5.41, 5.74) is 4.10. The fourth-order valence-electron chi connectivity index (χ4n) is 3.96. The van der Waals surface area contributed by atoms with E-state index in [2.05, 4.69) is 20.2 Å². The average molecular weight is 396 g/mol. The molecule has 10 heteroatoms. The van der Waals surface area contributed by atoms with E-state index in [1.54, 1.807) is 17.8 Å². The fourth-order valence-corrected chi connectivity index (χ4v) is 3.96. The Morgan fingerprint density at radius 1 is 1.28 bits per heavy atom. The maximum atomic E-state index is 14.5. The Bertz CT molecular complexity index is 1150. The molecule has 0 unspecified atom stereocenters. The van der Waals surface area contributed by atoms with Gasteiger partial charge in [-0.3, -0.25) is 9.78 Å². The number of imidazole rings is 1. The molecule has 1 aliphatic heterocycles. The van der Waals surface area contributed by atoms with E-state index in [9.17, 15) is 9.50 Å². The van der Waals surface area contributed by atoms with E-state index in [-0.39, 0.29) is 6.10 Å². The molecule has 4 aromatic rings. The van der Waals surface area contributed by atoms with Gasteiger partial charge in [-0.1, -0.05) is 0 Å². The van der Waals surface area contributed by atoms with Crippen molar-refractivity contribution in [2.24, 2.45) is 7.05 Å². The van der Waals surface area contributed by atoms with Gasteiger partial charge < -0.3 is 10.0 Å². The van der Waals surface area contributed by atoms with Crippen molar-refractivity contribution in [1.82, 2.24) is 34.6 Å². The topological polar surface area (TPSA) is 100 Å². The minimum atomic E-state index is -0.431. The van der Waals surface area contributed by atoms with Crippen LogP contribution in [0.4, 0.5) is 10.1 Å². The lowest BCUT2D eigenvalue weighted by Crippen LogP contribution is -2.36. The van der Waals surface area contributed by atoms with Gasteiger partial charge in [-0.15, -0.1) is 0 Å². The number of piperidine rings is 1. The summed E-state index contributed by atoms with van der Waals surface area (Å²) in [6.07, 6.45) is 3.93. The minimum absolute atomic E-state index is 0.287. The summed E-state index contributed by atoms with van der Waals surface area (Å²) in [5.74, 6) is 0.178. The van der Waals surface area contributed by atoms with Crippen LogP contribution in [0.15, 0.2) is 24.5 Å². The van der Waals surface area contributed by atoms with Gasteiger partial charge in [-0.2, -0.15) is 15.3 Å². The number of aromatic amines is 1. The van der Waals surface area contributed by atoms with Crippen LogP contribution in [0.1, 0.15) is 18.5 Å². The maximum absolute atomic E-state index is 14.5. The van der Waals surface area contributed by atoms with Crippen molar-refractivity contribution in [3.05, 3.63) is 36.0 Å². The first kappa shape index (κ1) is 17.8. The Morgan fingerprint density at radius 3 is 2.72 bits per heavy atom. The molecule has 0 amide bonds. The summed E-state index contributed by atoms with van der Waals surface area (Å²) < 4.78 is 17.7. The molecule has 0 radical (unpaired) electrons. The molecule has 4 aromatic heterocycles. The number of nitrogens with zero attached hydrogens (tertiary/aromatic N) is 7. The van der Waals surface area contributed by atoms with E-state index < -0.39 is 5.82 Å². The normalized spacial score (nSPS) is 15.5.